The molecule has 0 amide bonds. The molecule has 0 spiro atoms. The minimum Gasteiger partial charge on any atom is -0.508 e. The molecule has 78 valence electrons. The number of carboxylic acid groups (broad SMARTS) is 1. The second-order valence-corrected chi connectivity index (χ2v) is 2.76. The fourth-order valence-electron chi connectivity index (χ4n) is 1.03. The SMILES string of the molecule is CC.Cc1cc(C(=O)O)c(C)cc1O. The molecule has 0 saturated heterocycles. The molecule has 0 saturated carbocycles. The summed E-state index contributed by atoms with van der Waals surface area (Å²) < 4.78 is 0. The van der Waals surface area contributed by atoms with E-state index in [0.29, 0.717) is 11.1 Å². The Balaban J connectivity index is 0.000000791. The van der Waals surface area contributed by atoms with Gasteiger partial charge < -0.3 is 10.2 Å². The molecular formula is C11H16O3. The Labute approximate surface area is 84.0 Å². The van der Waals surface area contributed by atoms with E-state index in [0.717, 1.165) is 0 Å². The van der Waals surface area contributed by atoms with Crippen LogP contribution in [0.1, 0.15) is 35.3 Å². The van der Waals surface area contributed by atoms with E-state index in [4.69, 9.17) is 5.11 Å². The minimum atomic E-state index is -0.962. The molecule has 0 radical (unpaired) electrons. The standard InChI is InChI=1S/C9H10O3.C2H6/c1-5-4-8(10)6(2)3-7(5)9(11)12;1-2/h3-4,10H,1-2H3,(H,11,12);1-2H3. The molecule has 0 bridgehead atoms. The first-order valence-electron chi connectivity index (χ1n) is 4.56. The van der Waals surface area contributed by atoms with Crippen LogP contribution in [0.25, 0.3) is 0 Å². The van der Waals surface area contributed by atoms with Gasteiger partial charge in [0.2, 0.25) is 0 Å². The number of aromatic carboxylic acids is 1. The maximum Gasteiger partial charge on any atom is 0.335 e. The molecule has 2 N–H and O–H groups in total. The van der Waals surface area contributed by atoms with Crippen molar-refractivity contribution < 1.29 is 15.0 Å². The third-order valence-electron chi connectivity index (χ3n) is 1.77. The fourth-order valence-corrected chi connectivity index (χ4v) is 1.03. The molecule has 1 aromatic rings. The first kappa shape index (κ1) is 12.5. The molecule has 0 atom stereocenters. The molecule has 0 unspecified atom stereocenters. The Bertz CT molecular complexity index is 330. The molecule has 1 aromatic carbocycles. The summed E-state index contributed by atoms with van der Waals surface area (Å²) in [6.45, 7) is 7.32. The van der Waals surface area contributed by atoms with E-state index in [1.54, 1.807) is 13.8 Å². The number of rotatable bonds is 1. The Morgan fingerprint density at radius 3 is 2.07 bits per heavy atom. The van der Waals surface area contributed by atoms with E-state index in [1.807, 2.05) is 13.8 Å². The average molecular weight is 196 g/mol. The van der Waals surface area contributed by atoms with Gasteiger partial charge in [0.25, 0.3) is 0 Å². The number of carbonyl (C=O) groups is 1. The number of hydrogen-bond donors (Lipinski definition) is 2. The number of aryl methyl sites for hydroxylation is 2. The lowest BCUT2D eigenvalue weighted by Crippen LogP contribution is -1.99. The lowest BCUT2D eigenvalue weighted by molar-refractivity contribution is 0.0696. The van der Waals surface area contributed by atoms with E-state index in [2.05, 4.69) is 0 Å². The molecule has 0 aromatic heterocycles. The smallest absolute Gasteiger partial charge is 0.335 e. The summed E-state index contributed by atoms with van der Waals surface area (Å²) in [5.41, 5.74) is 1.40. The van der Waals surface area contributed by atoms with E-state index in [1.165, 1.54) is 12.1 Å². The van der Waals surface area contributed by atoms with Crippen LogP contribution in [0.2, 0.25) is 0 Å². The van der Waals surface area contributed by atoms with Gasteiger partial charge >= 0.3 is 5.97 Å². The summed E-state index contributed by atoms with van der Waals surface area (Å²) in [4.78, 5) is 10.6. The van der Waals surface area contributed by atoms with Crippen molar-refractivity contribution in [3.8, 4) is 5.75 Å². The summed E-state index contributed by atoms with van der Waals surface area (Å²) in [6, 6.07) is 2.92. The highest BCUT2D eigenvalue weighted by Gasteiger charge is 2.08. The van der Waals surface area contributed by atoms with Crippen molar-refractivity contribution in [1.29, 1.82) is 0 Å². The van der Waals surface area contributed by atoms with Crippen LogP contribution in [0.3, 0.4) is 0 Å². The molecule has 0 aliphatic carbocycles. The number of hydrogen-bond acceptors (Lipinski definition) is 2. The van der Waals surface area contributed by atoms with Gasteiger partial charge in [-0.2, -0.15) is 0 Å². The second kappa shape index (κ2) is 5.27. The van der Waals surface area contributed by atoms with Gasteiger partial charge in [-0.05, 0) is 37.1 Å². The lowest BCUT2D eigenvalue weighted by Gasteiger charge is -2.03. The highest BCUT2D eigenvalue weighted by molar-refractivity contribution is 5.89. The normalized spacial score (nSPS) is 8.86. The summed E-state index contributed by atoms with van der Waals surface area (Å²) in [7, 11) is 0. The van der Waals surface area contributed by atoms with Crippen molar-refractivity contribution in [2.24, 2.45) is 0 Å². The first-order valence-corrected chi connectivity index (χ1v) is 4.56. The maximum absolute atomic E-state index is 10.6. The predicted octanol–water partition coefficient (Wildman–Crippen LogP) is 2.73. The fraction of sp³-hybridized carbons (Fsp3) is 0.364. The maximum atomic E-state index is 10.6. The molecule has 1 rings (SSSR count). The Morgan fingerprint density at radius 1 is 1.14 bits per heavy atom. The average Bonchev–Trinajstić information content (AvgIpc) is 2.14. The van der Waals surface area contributed by atoms with Gasteiger partial charge in [0.1, 0.15) is 5.75 Å². The van der Waals surface area contributed by atoms with Crippen molar-refractivity contribution >= 4 is 5.97 Å². The summed E-state index contributed by atoms with van der Waals surface area (Å²) >= 11 is 0. The van der Waals surface area contributed by atoms with Crippen LogP contribution >= 0.6 is 0 Å². The van der Waals surface area contributed by atoms with Crippen molar-refractivity contribution in [2.75, 3.05) is 0 Å². The number of benzene rings is 1. The van der Waals surface area contributed by atoms with E-state index in [9.17, 15) is 9.90 Å². The van der Waals surface area contributed by atoms with Crippen molar-refractivity contribution in [3.63, 3.8) is 0 Å². The summed E-state index contributed by atoms with van der Waals surface area (Å²) in [6.07, 6.45) is 0. The highest BCUT2D eigenvalue weighted by atomic mass is 16.4. The van der Waals surface area contributed by atoms with Crippen LogP contribution in [0.15, 0.2) is 12.1 Å². The monoisotopic (exact) mass is 196 g/mol. The van der Waals surface area contributed by atoms with Crippen LogP contribution in [-0.4, -0.2) is 16.2 Å². The molecule has 0 aliphatic heterocycles. The topological polar surface area (TPSA) is 57.5 Å². The van der Waals surface area contributed by atoms with E-state index < -0.39 is 5.97 Å². The molecule has 0 fully saturated rings. The van der Waals surface area contributed by atoms with Crippen molar-refractivity contribution in [2.45, 2.75) is 27.7 Å². The number of carboxylic acids is 1. The Kier molecular flexibility index (Phi) is 4.70. The van der Waals surface area contributed by atoms with Crippen LogP contribution in [0, 0.1) is 13.8 Å². The summed E-state index contributed by atoms with van der Waals surface area (Å²) in [5.74, 6) is -0.826. The van der Waals surface area contributed by atoms with Gasteiger partial charge in [-0.1, -0.05) is 13.8 Å². The van der Waals surface area contributed by atoms with Gasteiger partial charge in [-0.3, -0.25) is 0 Å². The van der Waals surface area contributed by atoms with Gasteiger partial charge in [0, 0.05) is 0 Å². The molecule has 3 nitrogen and oxygen atoms in total. The Morgan fingerprint density at radius 2 is 1.64 bits per heavy atom. The van der Waals surface area contributed by atoms with Crippen LogP contribution in [-0.2, 0) is 0 Å². The second-order valence-electron chi connectivity index (χ2n) is 2.76. The molecule has 14 heavy (non-hydrogen) atoms. The van der Waals surface area contributed by atoms with Crippen molar-refractivity contribution in [1.82, 2.24) is 0 Å². The number of phenolic OH excluding ortho intramolecular Hbond substituents is 1. The Hall–Kier alpha value is -1.51. The zero-order valence-electron chi connectivity index (χ0n) is 8.96. The van der Waals surface area contributed by atoms with Gasteiger partial charge in [0.15, 0.2) is 0 Å². The number of phenols is 1. The lowest BCUT2D eigenvalue weighted by atomic mass is 10.1. The van der Waals surface area contributed by atoms with Crippen LogP contribution < -0.4 is 0 Å². The molecule has 0 aliphatic rings. The first-order chi connectivity index (χ1) is 6.52. The van der Waals surface area contributed by atoms with E-state index in [-0.39, 0.29) is 11.3 Å². The van der Waals surface area contributed by atoms with Gasteiger partial charge in [0.05, 0.1) is 5.56 Å². The van der Waals surface area contributed by atoms with E-state index >= 15 is 0 Å². The predicted molar refractivity (Wildman–Crippen MR) is 55.9 cm³/mol. The third kappa shape index (κ3) is 2.76. The summed E-state index contributed by atoms with van der Waals surface area (Å²) in [5, 5.41) is 17.9. The van der Waals surface area contributed by atoms with Crippen molar-refractivity contribution in [3.05, 3.63) is 28.8 Å². The largest absolute Gasteiger partial charge is 0.508 e. The third-order valence-corrected chi connectivity index (χ3v) is 1.77. The molecular weight excluding hydrogens is 180 g/mol. The van der Waals surface area contributed by atoms with Gasteiger partial charge in [-0.15, -0.1) is 0 Å². The molecule has 3 heteroatoms. The van der Waals surface area contributed by atoms with Gasteiger partial charge in [-0.25, -0.2) is 4.79 Å². The minimum absolute atomic E-state index is 0.137. The van der Waals surface area contributed by atoms with Crippen LogP contribution in [0.5, 0.6) is 5.75 Å². The highest BCUT2D eigenvalue weighted by Crippen LogP contribution is 2.20. The van der Waals surface area contributed by atoms with Crippen LogP contribution in [0.4, 0.5) is 0 Å². The zero-order chi connectivity index (χ0) is 11.3. The molecule has 0 heterocycles. The quantitative estimate of drug-likeness (QED) is 0.726. The number of aromatic hydroxyl groups is 1. The zero-order valence-corrected chi connectivity index (χ0v) is 8.96.